The van der Waals surface area contributed by atoms with Crippen LogP contribution >= 0.6 is 11.3 Å². The van der Waals surface area contributed by atoms with Crippen molar-refractivity contribution in [1.29, 1.82) is 0 Å². The predicted molar refractivity (Wildman–Crippen MR) is 143 cm³/mol. The van der Waals surface area contributed by atoms with E-state index in [9.17, 15) is 14.7 Å². The van der Waals surface area contributed by atoms with Gasteiger partial charge in [-0.25, -0.2) is 9.78 Å². The van der Waals surface area contributed by atoms with E-state index < -0.39 is 6.10 Å². The van der Waals surface area contributed by atoms with E-state index in [1.165, 1.54) is 11.3 Å². The molecule has 3 amide bonds. The molecule has 10 heteroatoms. The quantitative estimate of drug-likeness (QED) is 0.362. The third-order valence-electron chi connectivity index (χ3n) is 6.63. The molecule has 3 N–H and O–H groups in total. The Kier molecular flexibility index (Phi) is 5.79. The molecule has 1 saturated heterocycles. The summed E-state index contributed by atoms with van der Waals surface area (Å²) in [6.07, 6.45) is 0.999. The summed E-state index contributed by atoms with van der Waals surface area (Å²) in [5.41, 5.74) is 2.65. The van der Waals surface area contributed by atoms with Crippen LogP contribution in [0, 0.1) is 6.92 Å². The molecular weight excluding hydrogens is 490 g/mol. The van der Waals surface area contributed by atoms with Crippen LogP contribution in [0.1, 0.15) is 15.2 Å². The predicted octanol–water partition coefficient (Wildman–Crippen LogP) is 4.49. The number of anilines is 3. The van der Waals surface area contributed by atoms with E-state index in [1.807, 2.05) is 67.4 Å². The molecule has 1 fully saturated rings. The maximum Gasteiger partial charge on any atom is 0.331 e. The van der Waals surface area contributed by atoms with Crippen molar-refractivity contribution < 1.29 is 19.4 Å². The Hall–Kier alpha value is -3.99. The molecule has 188 valence electrons. The number of carbonyl (C=O) groups is 2. The first kappa shape index (κ1) is 23.4. The third-order valence-corrected chi connectivity index (χ3v) is 7.72. The number of urea groups is 1. The van der Waals surface area contributed by atoms with Crippen LogP contribution in [-0.2, 0) is 0 Å². The second-order valence-corrected chi connectivity index (χ2v) is 10.3. The molecule has 0 spiro atoms. The Balaban J connectivity index is 1.34. The fraction of sp³-hybridized carbons (Fsp3) is 0.222. The van der Waals surface area contributed by atoms with Crippen LogP contribution in [0.5, 0.6) is 11.5 Å². The first-order valence-corrected chi connectivity index (χ1v) is 12.7. The van der Waals surface area contributed by atoms with Gasteiger partial charge in [0.25, 0.3) is 5.91 Å². The molecule has 0 radical (unpaired) electrons. The molecule has 9 nitrogen and oxygen atoms in total. The average molecular weight is 516 g/mol. The van der Waals surface area contributed by atoms with Gasteiger partial charge in [0.05, 0.1) is 34.6 Å². The topological polar surface area (TPSA) is 107 Å². The molecule has 2 aromatic heterocycles. The third kappa shape index (κ3) is 4.18. The number of aryl methyl sites for hydroxylation is 1. The van der Waals surface area contributed by atoms with Crippen LogP contribution in [0.2, 0.25) is 0 Å². The SMILES string of the molecule is Cc1cc(Oc2ccccc2)ccc1N1C(=O)Nc2c(C(=O)N[C@H]3CN(C)C[C@H]3O)sc3nccc1c23. The van der Waals surface area contributed by atoms with Crippen LogP contribution in [-0.4, -0.2) is 59.2 Å². The first-order chi connectivity index (χ1) is 17.9. The van der Waals surface area contributed by atoms with E-state index in [-0.39, 0.29) is 18.0 Å². The lowest BCUT2D eigenvalue weighted by Crippen LogP contribution is -2.43. The van der Waals surface area contributed by atoms with Gasteiger partial charge >= 0.3 is 6.03 Å². The number of ether oxygens (including phenoxy) is 1. The molecule has 2 aromatic carbocycles. The van der Waals surface area contributed by atoms with E-state index >= 15 is 0 Å². The van der Waals surface area contributed by atoms with Crippen molar-refractivity contribution in [3.05, 3.63) is 71.2 Å². The summed E-state index contributed by atoms with van der Waals surface area (Å²) in [7, 11) is 1.89. The largest absolute Gasteiger partial charge is 0.457 e. The number of aromatic nitrogens is 1. The molecule has 2 aliphatic heterocycles. The highest BCUT2D eigenvalue weighted by molar-refractivity contribution is 7.21. The molecule has 4 heterocycles. The number of para-hydroxylation sites is 1. The van der Waals surface area contributed by atoms with E-state index in [1.54, 1.807) is 17.2 Å². The van der Waals surface area contributed by atoms with Gasteiger partial charge in [0.1, 0.15) is 21.2 Å². The van der Waals surface area contributed by atoms with Crippen LogP contribution in [0.25, 0.3) is 10.2 Å². The van der Waals surface area contributed by atoms with Gasteiger partial charge in [0, 0.05) is 19.3 Å². The molecule has 2 aliphatic rings. The summed E-state index contributed by atoms with van der Waals surface area (Å²) in [6.45, 7) is 2.97. The summed E-state index contributed by atoms with van der Waals surface area (Å²) < 4.78 is 5.95. The van der Waals surface area contributed by atoms with Gasteiger partial charge in [-0.15, -0.1) is 11.3 Å². The highest BCUT2D eigenvalue weighted by Gasteiger charge is 2.35. The van der Waals surface area contributed by atoms with Crippen molar-refractivity contribution in [1.82, 2.24) is 15.2 Å². The van der Waals surface area contributed by atoms with E-state index in [0.29, 0.717) is 51.0 Å². The van der Waals surface area contributed by atoms with Crippen molar-refractivity contribution in [3.8, 4) is 11.5 Å². The second-order valence-electron chi connectivity index (χ2n) is 9.31. The van der Waals surface area contributed by atoms with E-state index in [2.05, 4.69) is 15.6 Å². The van der Waals surface area contributed by atoms with Gasteiger partial charge in [-0.05, 0) is 55.9 Å². The molecule has 0 bridgehead atoms. The highest BCUT2D eigenvalue weighted by Crippen LogP contribution is 2.46. The Morgan fingerprint density at radius 3 is 2.68 bits per heavy atom. The van der Waals surface area contributed by atoms with Crippen molar-refractivity contribution in [2.24, 2.45) is 0 Å². The average Bonchev–Trinajstić information content (AvgIpc) is 3.40. The first-order valence-electron chi connectivity index (χ1n) is 11.9. The maximum atomic E-state index is 13.4. The number of likely N-dealkylation sites (N-methyl/N-ethyl adjacent to an activating group) is 1. The minimum atomic E-state index is -0.643. The molecule has 4 aromatic rings. The van der Waals surface area contributed by atoms with Gasteiger partial charge in [-0.1, -0.05) is 18.2 Å². The van der Waals surface area contributed by atoms with Crippen LogP contribution in [0.4, 0.5) is 21.9 Å². The normalized spacial score (nSPS) is 19.2. The lowest BCUT2D eigenvalue weighted by molar-refractivity contribution is 0.0893. The number of hydrogen-bond donors (Lipinski definition) is 3. The number of nitrogens with zero attached hydrogens (tertiary/aromatic N) is 3. The molecule has 37 heavy (non-hydrogen) atoms. The number of likely N-dealkylation sites (tertiary alicyclic amines) is 1. The number of hydrogen-bond acceptors (Lipinski definition) is 7. The van der Waals surface area contributed by atoms with Crippen molar-refractivity contribution in [2.45, 2.75) is 19.1 Å². The number of pyridine rings is 1. The summed E-state index contributed by atoms with van der Waals surface area (Å²) in [5.74, 6) is 1.06. The van der Waals surface area contributed by atoms with Gasteiger partial charge in [0.15, 0.2) is 0 Å². The van der Waals surface area contributed by atoms with E-state index in [0.717, 1.165) is 11.3 Å². The second kappa shape index (κ2) is 9.15. The summed E-state index contributed by atoms with van der Waals surface area (Å²) in [4.78, 5) is 35.7. The summed E-state index contributed by atoms with van der Waals surface area (Å²) in [6, 6.07) is 16.1. The van der Waals surface area contributed by atoms with Crippen LogP contribution in [0.15, 0.2) is 60.8 Å². The van der Waals surface area contributed by atoms with Crippen molar-refractivity contribution >= 4 is 50.6 Å². The summed E-state index contributed by atoms with van der Waals surface area (Å²) >= 11 is 1.22. The zero-order chi connectivity index (χ0) is 25.7. The number of benzene rings is 2. The minimum Gasteiger partial charge on any atom is -0.457 e. The number of thiophene rings is 1. The van der Waals surface area contributed by atoms with Gasteiger partial charge in [-0.3, -0.25) is 9.69 Å². The Labute approximate surface area is 217 Å². The fourth-order valence-corrected chi connectivity index (χ4v) is 5.93. The van der Waals surface area contributed by atoms with Gasteiger partial charge in [0.2, 0.25) is 0 Å². The van der Waals surface area contributed by atoms with Gasteiger partial charge in [-0.2, -0.15) is 0 Å². The van der Waals surface area contributed by atoms with Crippen LogP contribution < -0.4 is 20.3 Å². The lowest BCUT2D eigenvalue weighted by atomic mass is 10.1. The number of β-amino-alcohol motifs (C(OH)–C–C–N with tert-alkyl or cyclic N) is 1. The molecular formula is C27H25N5O4S. The maximum absolute atomic E-state index is 13.4. The Bertz CT molecular complexity index is 1520. The Morgan fingerprint density at radius 1 is 1.14 bits per heavy atom. The van der Waals surface area contributed by atoms with Crippen molar-refractivity contribution in [2.75, 3.05) is 30.4 Å². The number of rotatable bonds is 5. The number of amides is 3. The van der Waals surface area contributed by atoms with E-state index in [4.69, 9.17) is 4.74 Å². The smallest absolute Gasteiger partial charge is 0.331 e. The summed E-state index contributed by atoms with van der Waals surface area (Å²) in [5, 5.41) is 16.8. The lowest BCUT2D eigenvalue weighted by Gasteiger charge is -2.29. The minimum absolute atomic E-state index is 0.337. The standard InChI is InChI=1S/C27H25N5O4S/c1-15-12-17(36-16-6-4-3-5-7-16)8-9-19(15)32-20-10-11-28-26-22(20)23(30-27(32)35)24(37-26)25(34)29-18-13-31(2)14-21(18)33/h3-12,18,21,33H,13-14H2,1-2H3,(H,29,34)(H,30,35)/t18-,21+/m0/s1. The molecule has 0 aliphatic carbocycles. The Morgan fingerprint density at radius 2 is 1.95 bits per heavy atom. The fourth-order valence-electron chi connectivity index (χ4n) is 4.90. The molecule has 0 saturated carbocycles. The molecule has 6 rings (SSSR count). The molecule has 2 atom stereocenters. The zero-order valence-corrected chi connectivity index (χ0v) is 21.1. The number of aliphatic hydroxyl groups excluding tert-OH is 1. The zero-order valence-electron chi connectivity index (χ0n) is 20.3. The van der Waals surface area contributed by atoms with Gasteiger partial charge < -0.3 is 25.4 Å². The highest BCUT2D eigenvalue weighted by atomic mass is 32.1. The number of nitrogens with one attached hydrogen (secondary N) is 2. The monoisotopic (exact) mass is 515 g/mol. The van der Waals surface area contributed by atoms with Crippen LogP contribution in [0.3, 0.4) is 0 Å². The van der Waals surface area contributed by atoms with Crippen molar-refractivity contribution in [3.63, 3.8) is 0 Å². The number of aliphatic hydroxyl groups is 1. The molecule has 0 unspecified atom stereocenters. The number of carbonyl (C=O) groups excluding carboxylic acids is 2.